The number of benzene rings is 1. The zero-order valence-corrected chi connectivity index (χ0v) is 13.3. The summed E-state index contributed by atoms with van der Waals surface area (Å²) in [5, 5.41) is 4.83. The molecule has 0 saturated heterocycles. The second-order valence-electron chi connectivity index (χ2n) is 5.59. The van der Waals surface area contributed by atoms with Crippen LogP contribution in [-0.4, -0.2) is 11.5 Å². The van der Waals surface area contributed by atoms with E-state index in [1.165, 1.54) is 33.9 Å². The lowest BCUT2D eigenvalue weighted by Crippen LogP contribution is -2.23. The van der Waals surface area contributed by atoms with E-state index < -0.39 is 0 Å². The molecule has 0 radical (unpaired) electrons. The van der Waals surface area contributed by atoms with Crippen LogP contribution in [0, 0.1) is 13.8 Å². The molecule has 3 heteroatoms. The molecular formula is C17H22N2S. The van der Waals surface area contributed by atoms with Gasteiger partial charge in [-0.1, -0.05) is 31.2 Å². The van der Waals surface area contributed by atoms with E-state index >= 15 is 0 Å². The molecule has 0 amide bonds. The van der Waals surface area contributed by atoms with E-state index in [0.29, 0.717) is 0 Å². The standard InChI is InChI=1S/C17H22N2S/c1-4-18-16(17-19-11(2)12(3)20-17)15-8-6-5-7-14(15)13-9-10-13/h5-8,13,16,18H,4,9-10H2,1-3H3. The first-order valence-electron chi connectivity index (χ1n) is 7.46. The highest BCUT2D eigenvalue weighted by Gasteiger charge is 2.29. The van der Waals surface area contributed by atoms with E-state index in [9.17, 15) is 0 Å². The Bertz CT molecular complexity index is 579. The van der Waals surface area contributed by atoms with Crippen molar-refractivity contribution in [1.29, 1.82) is 0 Å². The van der Waals surface area contributed by atoms with Crippen LogP contribution in [0.1, 0.15) is 58.4 Å². The fourth-order valence-corrected chi connectivity index (χ4v) is 3.71. The van der Waals surface area contributed by atoms with Gasteiger partial charge in [-0.05, 0) is 50.3 Å². The van der Waals surface area contributed by atoms with Crippen LogP contribution in [0.4, 0.5) is 0 Å². The fraction of sp³-hybridized carbons (Fsp3) is 0.471. The number of rotatable bonds is 5. The molecule has 20 heavy (non-hydrogen) atoms. The molecule has 1 heterocycles. The van der Waals surface area contributed by atoms with Crippen molar-refractivity contribution in [3.63, 3.8) is 0 Å². The molecule has 1 aliphatic rings. The quantitative estimate of drug-likeness (QED) is 0.884. The van der Waals surface area contributed by atoms with Gasteiger partial charge in [0.25, 0.3) is 0 Å². The summed E-state index contributed by atoms with van der Waals surface area (Å²) in [4.78, 5) is 6.11. The lowest BCUT2D eigenvalue weighted by molar-refractivity contribution is 0.620. The topological polar surface area (TPSA) is 24.9 Å². The van der Waals surface area contributed by atoms with Crippen LogP contribution in [-0.2, 0) is 0 Å². The average molecular weight is 286 g/mol. The number of aryl methyl sites for hydroxylation is 2. The van der Waals surface area contributed by atoms with Crippen LogP contribution in [0.25, 0.3) is 0 Å². The Morgan fingerprint density at radius 2 is 2.05 bits per heavy atom. The molecule has 0 aliphatic heterocycles. The maximum absolute atomic E-state index is 4.78. The second-order valence-corrected chi connectivity index (χ2v) is 6.82. The lowest BCUT2D eigenvalue weighted by atomic mass is 9.97. The Balaban J connectivity index is 2.02. The van der Waals surface area contributed by atoms with Crippen molar-refractivity contribution in [2.24, 2.45) is 0 Å². The molecule has 1 aliphatic carbocycles. The summed E-state index contributed by atoms with van der Waals surface area (Å²) in [6, 6.07) is 9.13. The van der Waals surface area contributed by atoms with Gasteiger partial charge < -0.3 is 5.32 Å². The van der Waals surface area contributed by atoms with Crippen LogP contribution in [0.5, 0.6) is 0 Å². The predicted molar refractivity (Wildman–Crippen MR) is 85.5 cm³/mol. The Morgan fingerprint density at radius 3 is 2.65 bits per heavy atom. The van der Waals surface area contributed by atoms with Gasteiger partial charge in [0, 0.05) is 4.88 Å². The maximum Gasteiger partial charge on any atom is 0.115 e. The van der Waals surface area contributed by atoms with E-state index in [1.54, 1.807) is 0 Å². The third kappa shape index (κ3) is 2.65. The highest BCUT2D eigenvalue weighted by molar-refractivity contribution is 7.11. The maximum atomic E-state index is 4.78. The first kappa shape index (κ1) is 13.8. The third-order valence-corrected chi connectivity index (χ3v) is 5.16. The number of hydrogen-bond donors (Lipinski definition) is 1. The summed E-state index contributed by atoms with van der Waals surface area (Å²) < 4.78 is 0. The summed E-state index contributed by atoms with van der Waals surface area (Å²) in [5.74, 6) is 0.773. The van der Waals surface area contributed by atoms with Gasteiger partial charge in [0.1, 0.15) is 5.01 Å². The largest absolute Gasteiger partial charge is 0.305 e. The number of thiazole rings is 1. The molecule has 1 aromatic heterocycles. The molecule has 3 rings (SSSR count). The van der Waals surface area contributed by atoms with E-state index in [0.717, 1.165) is 18.2 Å². The van der Waals surface area contributed by atoms with Crippen molar-refractivity contribution in [3.8, 4) is 0 Å². The summed E-state index contributed by atoms with van der Waals surface area (Å²) in [5.41, 5.74) is 4.10. The molecule has 1 aromatic carbocycles. The number of nitrogens with zero attached hydrogens (tertiary/aromatic N) is 1. The van der Waals surface area contributed by atoms with Gasteiger partial charge in [-0.15, -0.1) is 11.3 Å². The first-order chi connectivity index (χ1) is 9.70. The summed E-state index contributed by atoms with van der Waals surface area (Å²) in [6.07, 6.45) is 2.68. The predicted octanol–water partition coefficient (Wildman–Crippen LogP) is 4.34. The minimum absolute atomic E-state index is 0.245. The summed E-state index contributed by atoms with van der Waals surface area (Å²) in [6.45, 7) is 7.39. The zero-order valence-electron chi connectivity index (χ0n) is 12.4. The molecule has 1 saturated carbocycles. The molecule has 2 nitrogen and oxygen atoms in total. The van der Waals surface area contributed by atoms with Crippen molar-refractivity contribution in [2.45, 2.75) is 45.6 Å². The first-order valence-corrected chi connectivity index (χ1v) is 8.28. The number of hydrogen-bond acceptors (Lipinski definition) is 3. The highest BCUT2D eigenvalue weighted by atomic mass is 32.1. The molecule has 2 aromatic rings. The molecule has 1 fully saturated rings. The van der Waals surface area contributed by atoms with E-state index in [-0.39, 0.29) is 6.04 Å². The van der Waals surface area contributed by atoms with Crippen molar-refractivity contribution < 1.29 is 0 Å². The van der Waals surface area contributed by atoms with Crippen molar-refractivity contribution in [1.82, 2.24) is 10.3 Å². The minimum atomic E-state index is 0.245. The van der Waals surface area contributed by atoms with E-state index in [2.05, 4.69) is 50.4 Å². The van der Waals surface area contributed by atoms with Crippen LogP contribution in [0.3, 0.4) is 0 Å². The fourth-order valence-electron chi connectivity index (χ4n) is 2.70. The molecule has 1 N–H and O–H groups in total. The Hall–Kier alpha value is -1.19. The van der Waals surface area contributed by atoms with E-state index in [4.69, 9.17) is 4.98 Å². The highest BCUT2D eigenvalue weighted by Crippen LogP contribution is 2.44. The minimum Gasteiger partial charge on any atom is -0.305 e. The van der Waals surface area contributed by atoms with Crippen LogP contribution in [0.2, 0.25) is 0 Å². The van der Waals surface area contributed by atoms with Gasteiger partial charge >= 0.3 is 0 Å². The zero-order chi connectivity index (χ0) is 14.1. The number of aromatic nitrogens is 1. The van der Waals surface area contributed by atoms with Gasteiger partial charge in [0.05, 0.1) is 11.7 Å². The van der Waals surface area contributed by atoms with Crippen molar-refractivity contribution in [3.05, 3.63) is 51.0 Å². The van der Waals surface area contributed by atoms with Crippen LogP contribution in [0.15, 0.2) is 24.3 Å². The van der Waals surface area contributed by atoms with Crippen molar-refractivity contribution in [2.75, 3.05) is 6.54 Å². The summed E-state index contributed by atoms with van der Waals surface area (Å²) >= 11 is 1.82. The number of nitrogens with one attached hydrogen (secondary N) is 1. The van der Waals surface area contributed by atoms with Gasteiger partial charge in [0.2, 0.25) is 0 Å². The molecule has 0 spiro atoms. The SMILES string of the molecule is CCNC(c1nc(C)c(C)s1)c1ccccc1C1CC1. The smallest absolute Gasteiger partial charge is 0.115 e. The van der Waals surface area contributed by atoms with Crippen LogP contribution < -0.4 is 5.32 Å². The van der Waals surface area contributed by atoms with Gasteiger partial charge in [0.15, 0.2) is 0 Å². The Kier molecular flexibility index (Phi) is 3.90. The van der Waals surface area contributed by atoms with Crippen LogP contribution >= 0.6 is 11.3 Å². The van der Waals surface area contributed by atoms with Gasteiger partial charge in [-0.25, -0.2) is 4.98 Å². The molecule has 0 bridgehead atoms. The Morgan fingerprint density at radius 1 is 1.30 bits per heavy atom. The van der Waals surface area contributed by atoms with Gasteiger partial charge in [-0.3, -0.25) is 0 Å². The molecular weight excluding hydrogens is 264 g/mol. The second kappa shape index (κ2) is 5.66. The average Bonchev–Trinajstić information content (AvgIpc) is 3.23. The monoisotopic (exact) mass is 286 g/mol. The van der Waals surface area contributed by atoms with Gasteiger partial charge in [-0.2, -0.15) is 0 Å². The lowest BCUT2D eigenvalue weighted by Gasteiger charge is -2.19. The molecule has 106 valence electrons. The Labute approximate surface area is 125 Å². The summed E-state index contributed by atoms with van der Waals surface area (Å²) in [7, 11) is 0. The third-order valence-electron chi connectivity index (χ3n) is 4.02. The molecule has 1 atom stereocenters. The molecule has 1 unspecified atom stereocenters. The van der Waals surface area contributed by atoms with Crippen molar-refractivity contribution >= 4 is 11.3 Å². The normalized spacial score (nSPS) is 16.4. The van der Waals surface area contributed by atoms with E-state index in [1.807, 2.05) is 11.3 Å².